The molecule has 294 valence electrons. The lowest BCUT2D eigenvalue weighted by atomic mass is 9.81. The van der Waals surface area contributed by atoms with Gasteiger partial charge in [0.15, 0.2) is 5.71 Å². The fraction of sp³-hybridized carbons (Fsp3) is 0.395. The van der Waals surface area contributed by atoms with Crippen molar-refractivity contribution in [1.29, 1.82) is 0 Å². The second-order valence-electron chi connectivity index (χ2n) is 15.1. The zero-order chi connectivity index (χ0) is 39.8. The molecule has 3 aliphatic rings. The van der Waals surface area contributed by atoms with E-state index in [-0.39, 0.29) is 16.6 Å². The van der Waals surface area contributed by atoms with Gasteiger partial charge in [-0.2, -0.15) is 13.0 Å². The van der Waals surface area contributed by atoms with Gasteiger partial charge in [0.05, 0.1) is 16.9 Å². The molecule has 0 fully saturated rings. The van der Waals surface area contributed by atoms with Crippen molar-refractivity contribution in [2.45, 2.75) is 84.0 Å². The summed E-state index contributed by atoms with van der Waals surface area (Å²) < 4.78 is 39.1. The van der Waals surface area contributed by atoms with Crippen molar-refractivity contribution in [3.05, 3.63) is 131 Å². The average molecular weight is 789 g/mol. The molecule has 0 saturated heterocycles. The number of hydrogen-bond donors (Lipinski definition) is 2. The Morgan fingerprint density at radius 3 is 2.42 bits per heavy atom. The highest BCUT2D eigenvalue weighted by molar-refractivity contribution is 7.94. The number of amides is 1. The molecule has 1 aliphatic carbocycles. The predicted molar refractivity (Wildman–Crippen MR) is 222 cm³/mol. The maximum atomic E-state index is 12.9. The van der Waals surface area contributed by atoms with Crippen molar-refractivity contribution in [3.63, 3.8) is 0 Å². The van der Waals surface area contributed by atoms with E-state index in [1.165, 1.54) is 22.5 Å². The first-order valence-electron chi connectivity index (χ1n) is 18.8. The van der Waals surface area contributed by atoms with Gasteiger partial charge in [-0.3, -0.25) is 14.2 Å². The van der Waals surface area contributed by atoms with Crippen LogP contribution in [-0.4, -0.2) is 64.4 Å². The van der Waals surface area contributed by atoms with Crippen molar-refractivity contribution < 1.29 is 37.0 Å². The first kappa shape index (κ1) is 42.1. The Kier molecular flexibility index (Phi) is 14.0. The summed E-state index contributed by atoms with van der Waals surface area (Å²) in [5.41, 5.74) is 9.81. The van der Waals surface area contributed by atoms with E-state index in [0.29, 0.717) is 30.8 Å². The van der Waals surface area contributed by atoms with Crippen LogP contribution in [0.25, 0.3) is 0 Å². The van der Waals surface area contributed by atoms with Gasteiger partial charge in [0.25, 0.3) is 10.1 Å². The molecule has 10 nitrogen and oxygen atoms in total. The van der Waals surface area contributed by atoms with Gasteiger partial charge in [-0.1, -0.05) is 80.1 Å². The van der Waals surface area contributed by atoms with Gasteiger partial charge in [0.1, 0.15) is 6.54 Å². The number of carbonyl (C=O) groups excluding carboxylic acids is 1. The van der Waals surface area contributed by atoms with Crippen LogP contribution in [0.15, 0.2) is 120 Å². The lowest BCUT2D eigenvalue weighted by Crippen LogP contribution is -2.28. The molecule has 0 spiro atoms. The molecule has 1 amide bonds. The highest BCUT2D eigenvalue weighted by Gasteiger charge is 2.44. The SMILES string of the molecule is C=C(/C=C\C)N(C=O)C1=C(/C=C/C2=[N+](CCCCSOOO)c3ccccc3C2(C)C)CC/C1=C\C=C1\N(CCCCS(=O)(=O)O)c2ccccc2C1(C)C. The van der Waals surface area contributed by atoms with Crippen LogP contribution in [0.1, 0.15) is 84.3 Å². The van der Waals surface area contributed by atoms with E-state index >= 15 is 0 Å². The molecule has 2 aliphatic heterocycles. The van der Waals surface area contributed by atoms with E-state index < -0.39 is 10.1 Å². The van der Waals surface area contributed by atoms with Crippen LogP contribution >= 0.6 is 12.0 Å². The Balaban J connectivity index is 1.55. The molecule has 2 aromatic rings. The first-order valence-corrected chi connectivity index (χ1v) is 21.3. The Bertz CT molecular complexity index is 2060. The van der Waals surface area contributed by atoms with Crippen LogP contribution in [-0.2, 0) is 35.1 Å². The van der Waals surface area contributed by atoms with Crippen molar-refractivity contribution >= 4 is 45.7 Å². The molecular formula is C43H54N3O7S2+. The molecule has 0 unspecified atom stereocenters. The first-order chi connectivity index (χ1) is 26.3. The minimum absolute atomic E-state index is 0.259. The third-order valence-electron chi connectivity index (χ3n) is 10.7. The van der Waals surface area contributed by atoms with E-state index in [0.717, 1.165) is 78.9 Å². The smallest absolute Gasteiger partial charge is 0.264 e. The third-order valence-corrected chi connectivity index (χ3v) is 12.2. The zero-order valence-corrected chi connectivity index (χ0v) is 34.2. The summed E-state index contributed by atoms with van der Waals surface area (Å²) >= 11 is 1.07. The molecule has 0 radical (unpaired) electrons. The topological polar surface area (TPSA) is 120 Å². The maximum Gasteiger partial charge on any atom is 0.264 e. The summed E-state index contributed by atoms with van der Waals surface area (Å²) in [6.45, 7) is 16.4. The fourth-order valence-corrected chi connectivity index (χ4v) is 9.05. The molecule has 55 heavy (non-hydrogen) atoms. The second kappa shape index (κ2) is 18.3. The van der Waals surface area contributed by atoms with Crippen molar-refractivity contribution in [1.82, 2.24) is 4.90 Å². The molecule has 2 heterocycles. The summed E-state index contributed by atoms with van der Waals surface area (Å²) in [6, 6.07) is 16.8. The minimum atomic E-state index is -4.03. The highest BCUT2D eigenvalue weighted by atomic mass is 32.2. The van der Waals surface area contributed by atoms with Gasteiger partial charge in [0.2, 0.25) is 12.1 Å². The van der Waals surface area contributed by atoms with Crippen LogP contribution < -0.4 is 4.90 Å². The van der Waals surface area contributed by atoms with Crippen LogP contribution in [0.3, 0.4) is 0 Å². The average Bonchev–Trinajstić information content (AvgIpc) is 3.71. The van der Waals surface area contributed by atoms with Crippen LogP contribution in [0.2, 0.25) is 0 Å². The van der Waals surface area contributed by atoms with E-state index in [4.69, 9.17) is 5.26 Å². The Morgan fingerprint density at radius 1 is 0.982 bits per heavy atom. The van der Waals surface area contributed by atoms with E-state index in [9.17, 15) is 17.8 Å². The number of anilines is 1. The number of rotatable bonds is 19. The zero-order valence-electron chi connectivity index (χ0n) is 32.5. The molecule has 12 heteroatoms. The van der Waals surface area contributed by atoms with E-state index in [1.807, 2.05) is 31.2 Å². The van der Waals surface area contributed by atoms with Crippen LogP contribution in [0.5, 0.6) is 0 Å². The second-order valence-corrected chi connectivity index (χ2v) is 17.4. The standard InChI is InChI=1S/C43H53N3O7S2/c1-7-16-32(2)46(31-47)41-33(23-25-39-42(3,4)35-17-8-10-19-37(35)44(39)27-12-14-29-54-53-52-48)21-22-34(41)24-26-40-43(5,6)36-18-9-11-20-38(36)45(40)28-13-15-30-55(49,50)51/h7-11,16-20,23-26,31H,2,12-15,21-22,27-30H2,1,3-6H3,(H-,48,49,50,51)/p+1/b16-7-. The minimum Gasteiger partial charge on any atom is -0.344 e. The number of nitrogens with zero attached hydrogens (tertiary/aromatic N) is 3. The van der Waals surface area contributed by atoms with Gasteiger partial charge in [-0.05, 0) is 87.8 Å². The summed E-state index contributed by atoms with van der Waals surface area (Å²) in [5, 5.41) is 12.2. The van der Waals surface area contributed by atoms with Gasteiger partial charge in [-0.25, -0.2) is 5.26 Å². The number of fused-ring (bicyclic) bond motifs is 2. The molecular weight excluding hydrogens is 735 g/mol. The summed E-state index contributed by atoms with van der Waals surface area (Å²) in [7, 11) is -4.03. The number of unbranched alkanes of at least 4 members (excludes halogenated alkanes) is 2. The van der Waals surface area contributed by atoms with Crippen molar-refractivity contribution in [3.8, 4) is 0 Å². The quantitative estimate of drug-likeness (QED) is 0.0210. The van der Waals surface area contributed by atoms with Crippen LogP contribution in [0.4, 0.5) is 11.4 Å². The van der Waals surface area contributed by atoms with Gasteiger partial charge in [-0.15, -0.1) is 4.33 Å². The van der Waals surface area contributed by atoms with Gasteiger partial charge < -0.3 is 4.90 Å². The molecule has 0 aromatic heterocycles. The fourth-order valence-electron chi connectivity index (χ4n) is 8.05. The molecule has 5 rings (SSSR count). The summed E-state index contributed by atoms with van der Waals surface area (Å²) in [6.07, 6.45) is 17.4. The molecule has 0 bridgehead atoms. The lowest BCUT2D eigenvalue weighted by Gasteiger charge is -2.27. The highest BCUT2D eigenvalue weighted by Crippen LogP contribution is 2.48. The van der Waals surface area contributed by atoms with E-state index in [2.05, 4.69) is 114 Å². The Morgan fingerprint density at radius 2 is 1.71 bits per heavy atom. The normalized spacial score (nSPS) is 19.1. The maximum absolute atomic E-state index is 12.9. The van der Waals surface area contributed by atoms with Crippen molar-refractivity contribution in [2.75, 3.05) is 29.5 Å². The molecule has 0 atom stereocenters. The van der Waals surface area contributed by atoms with Crippen molar-refractivity contribution in [2.24, 2.45) is 0 Å². The Hall–Kier alpha value is -4.04. The number of allylic oxidation sites excluding steroid dienone is 9. The number of benzene rings is 2. The number of carbonyl (C=O) groups is 1. The summed E-state index contributed by atoms with van der Waals surface area (Å²) in [5.74, 6) is 0.409. The third kappa shape index (κ3) is 9.50. The van der Waals surface area contributed by atoms with Gasteiger partial charge in [0, 0.05) is 71.0 Å². The number of para-hydroxylation sites is 2. The monoisotopic (exact) mass is 788 g/mol. The summed E-state index contributed by atoms with van der Waals surface area (Å²) in [4.78, 5) is 16.8. The largest absolute Gasteiger partial charge is 0.344 e. The lowest BCUT2D eigenvalue weighted by molar-refractivity contribution is -0.438. The predicted octanol–water partition coefficient (Wildman–Crippen LogP) is 9.34. The number of hydrogen-bond acceptors (Lipinski definition) is 8. The van der Waals surface area contributed by atoms with Gasteiger partial charge >= 0.3 is 0 Å². The molecule has 0 saturated carbocycles. The Labute approximate surface area is 330 Å². The molecule has 2 aromatic carbocycles. The van der Waals surface area contributed by atoms with Crippen LogP contribution in [0, 0.1) is 0 Å². The van der Waals surface area contributed by atoms with E-state index in [1.54, 1.807) is 4.90 Å². The molecule has 2 N–H and O–H groups in total.